The zero-order chi connectivity index (χ0) is 22.5. The van der Waals surface area contributed by atoms with Gasteiger partial charge in [0.05, 0.1) is 0 Å². The van der Waals surface area contributed by atoms with Gasteiger partial charge in [0.1, 0.15) is 11.4 Å². The Kier molecular flexibility index (Phi) is 5.02. The van der Waals surface area contributed by atoms with E-state index in [0.29, 0.717) is 22.9 Å². The van der Waals surface area contributed by atoms with Crippen molar-refractivity contribution in [3.8, 4) is 5.75 Å². The van der Waals surface area contributed by atoms with E-state index in [-0.39, 0.29) is 23.2 Å². The summed E-state index contributed by atoms with van der Waals surface area (Å²) in [7, 11) is 0. The van der Waals surface area contributed by atoms with Crippen molar-refractivity contribution in [3.05, 3.63) is 52.9 Å². The van der Waals surface area contributed by atoms with E-state index in [1.54, 1.807) is 16.8 Å². The Labute approximate surface area is 180 Å². The fourth-order valence-electron chi connectivity index (χ4n) is 4.91. The number of fused-ring (bicyclic) bond motifs is 3. The topological polar surface area (TPSA) is 69.0 Å². The van der Waals surface area contributed by atoms with Gasteiger partial charge >= 0.3 is 12.5 Å². The van der Waals surface area contributed by atoms with E-state index in [1.165, 1.54) is 24.6 Å². The summed E-state index contributed by atoms with van der Waals surface area (Å²) in [4.78, 5) is 21.5. The number of rotatable bonds is 6. The molecule has 5 rings (SSSR count). The Hall–Kier alpha value is -3.17. The lowest BCUT2D eigenvalue weighted by atomic mass is 9.95. The molecule has 2 aliphatic rings. The van der Waals surface area contributed by atoms with Crippen LogP contribution < -0.4 is 15.6 Å². The fourth-order valence-corrected chi connectivity index (χ4v) is 4.91. The predicted octanol–water partition coefficient (Wildman–Crippen LogP) is 5.13. The molecule has 168 valence electrons. The SMILES string of the molecule is O=c1ccc2cnc(Nc3cccc(OC(F)(F)C(F)F)c3)nc2n1C1CC2CCC1C2. The number of aromatic nitrogens is 3. The van der Waals surface area contributed by atoms with Crippen LogP contribution in [0.4, 0.5) is 29.2 Å². The standard InChI is InChI=1S/C22H20F4N4O2/c23-20(24)22(25,26)32-16-3-1-2-15(10-16)28-21-27-11-14-6-7-18(31)30(19(14)29-21)17-9-12-4-5-13(17)8-12/h1-3,6-7,10-13,17,20H,4-5,8-9H2,(H,27,28,29). The molecule has 3 aromatic rings. The Bertz CT molecular complexity index is 1220. The fraction of sp³-hybridized carbons (Fsp3) is 0.409. The first-order valence-electron chi connectivity index (χ1n) is 10.4. The highest BCUT2D eigenvalue weighted by Gasteiger charge is 2.44. The van der Waals surface area contributed by atoms with Gasteiger partial charge in [-0.3, -0.25) is 9.36 Å². The van der Waals surface area contributed by atoms with Crippen LogP contribution in [0.25, 0.3) is 11.0 Å². The predicted molar refractivity (Wildman–Crippen MR) is 110 cm³/mol. The molecule has 0 aliphatic heterocycles. The maximum atomic E-state index is 13.2. The molecule has 1 aromatic carbocycles. The number of pyridine rings is 1. The minimum atomic E-state index is -4.60. The summed E-state index contributed by atoms with van der Waals surface area (Å²) in [5.41, 5.74) is 0.658. The van der Waals surface area contributed by atoms with Crippen molar-refractivity contribution < 1.29 is 22.3 Å². The normalized spacial score (nSPS) is 22.6. The summed E-state index contributed by atoms with van der Waals surface area (Å²) < 4.78 is 57.1. The van der Waals surface area contributed by atoms with Crippen LogP contribution in [0.3, 0.4) is 0 Å². The van der Waals surface area contributed by atoms with E-state index >= 15 is 0 Å². The lowest BCUT2D eigenvalue weighted by Crippen LogP contribution is -2.33. The van der Waals surface area contributed by atoms with Crippen LogP contribution in [-0.2, 0) is 0 Å². The van der Waals surface area contributed by atoms with E-state index in [4.69, 9.17) is 0 Å². The molecule has 3 atom stereocenters. The second-order valence-corrected chi connectivity index (χ2v) is 8.37. The summed E-state index contributed by atoms with van der Waals surface area (Å²) in [6, 6.07) is 8.51. The smallest absolute Gasteiger partial charge is 0.428 e. The van der Waals surface area contributed by atoms with Crippen LogP contribution in [0.2, 0.25) is 0 Å². The van der Waals surface area contributed by atoms with Crippen LogP contribution in [0, 0.1) is 11.8 Å². The van der Waals surface area contributed by atoms with Crippen LogP contribution >= 0.6 is 0 Å². The number of alkyl halides is 4. The first-order chi connectivity index (χ1) is 15.3. The van der Waals surface area contributed by atoms with Crippen LogP contribution in [0.15, 0.2) is 47.4 Å². The highest BCUT2D eigenvalue weighted by Crippen LogP contribution is 2.50. The first-order valence-corrected chi connectivity index (χ1v) is 10.4. The zero-order valence-electron chi connectivity index (χ0n) is 16.8. The number of anilines is 2. The maximum absolute atomic E-state index is 13.2. The Morgan fingerprint density at radius 2 is 2.00 bits per heavy atom. The maximum Gasteiger partial charge on any atom is 0.461 e. The average molecular weight is 448 g/mol. The molecule has 2 fully saturated rings. The number of hydrogen-bond donors (Lipinski definition) is 1. The molecule has 2 aliphatic carbocycles. The summed E-state index contributed by atoms with van der Waals surface area (Å²) in [5, 5.41) is 3.59. The molecule has 10 heteroatoms. The van der Waals surface area contributed by atoms with Crippen LogP contribution in [0.1, 0.15) is 31.7 Å². The molecule has 6 nitrogen and oxygen atoms in total. The van der Waals surface area contributed by atoms with Crippen molar-refractivity contribution in [1.29, 1.82) is 0 Å². The summed E-state index contributed by atoms with van der Waals surface area (Å²) in [6.45, 7) is 0. The van der Waals surface area contributed by atoms with Gasteiger partial charge in [0.2, 0.25) is 5.95 Å². The van der Waals surface area contributed by atoms with Gasteiger partial charge in [-0.15, -0.1) is 0 Å². The Balaban J connectivity index is 1.45. The van der Waals surface area contributed by atoms with E-state index in [1.807, 2.05) is 0 Å². The van der Waals surface area contributed by atoms with E-state index in [9.17, 15) is 22.4 Å². The van der Waals surface area contributed by atoms with Gasteiger partial charge in [-0.25, -0.2) is 4.98 Å². The van der Waals surface area contributed by atoms with Crippen molar-refractivity contribution in [2.45, 2.75) is 44.3 Å². The van der Waals surface area contributed by atoms with Crippen molar-refractivity contribution in [2.75, 3.05) is 5.32 Å². The monoisotopic (exact) mass is 448 g/mol. The second kappa shape index (κ2) is 7.75. The molecule has 2 saturated carbocycles. The van der Waals surface area contributed by atoms with Crippen molar-refractivity contribution in [1.82, 2.24) is 14.5 Å². The third kappa shape index (κ3) is 3.78. The summed E-state index contributed by atoms with van der Waals surface area (Å²) >= 11 is 0. The number of nitrogens with one attached hydrogen (secondary N) is 1. The molecule has 2 heterocycles. The number of hydrogen-bond acceptors (Lipinski definition) is 5. The van der Waals surface area contributed by atoms with E-state index in [2.05, 4.69) is 20.0 Å². The second-order valence-electron chi connectivity index (χ2n) is 8.37. The molecule has 2 bridgehead atoms. The summed E-state index contributed by atoms with van der Waals surface area (Å²) in [6.07, 6.45) is -2.59. The largest absolute Gasteiger partial charge is 0.461 e. The minimum absolute atomic E-state index is 0.0982. The van der Waals surface area contributed by atoms with Gasteiger partial charge in [-0.2, -0.15) is 22.5 Å². The first kappa shape index (κ1) is 20.7. The molecule has 0 spiro atoms. The molecular weight excluding hydrogens is 428 g/mol. The number of nitrogens with zero attached hydrogens (tertiary/aromatic N) is 3. The molecule has 1 N–H and O–H groups in total. The van der Waals surface area contributed by atoms with Gasteiger partial charge in [-0.05, 0) is 49.3 Å². The van der Waals surface area contributed by atoms with Crippen LogP contribution in [-0.4, -0.2) is 27.1 Å². The number of ether oxygens (including phenoxy) is 1. The van der Waals surface area contributed by atoms with Gasteiger partial charge in [0.15, 0.2) is 0 Å². The molecule has 2 aromatic heterocycles. The quantitative estimate of drug-likeness (QED) is 0.530. The van der Waals surface area contributed by atoms with Gasteiger partial charge in [0.25, 0.3) is 5.56 Å². The molecule has 32 heavy (non-hydrogen) atoms. The van der Waals surface area contributed by atoms with Crippen molar-refractivity contribution in [3.63, 3.8) is 0 Å². The summed E-state index contributed by atoms with van der Waals surface area (Å²) in [5.74, 6) is 0.818. The lowest BCUT2D eigenvalue weighted by molar-refractivity contribution is -0.253. The molecule has 0 amide bonds. The van der Waals surface area contributed by atoms with Crippen molar-refractivity contribution >= 4 is 22.7 Å². The van der Waals surface area contributed by atoms with Gasteiger partial charge in [-0.1, -0.05) is 12.5 Å². The number of halogens is 4. The van der Waals surface area contributed by atoms with Gasteiger partial charge < -0.3 is 10.1 Å². The Morgan fingerprint density at radius 1 is 1.16 bits per heavy atom. The molecule has 0 saturated heterocycles. The minimum Gasteiger partial charge on any atom is -0.428 e. The van der Waals surface area contributed by atoms with E-state index < -0.39 is 18.3 Å². The van der Waals surface area contributed by atoms with E-state index in [0.717, 1.165) is 31.4 Å². The molecular formula is C22H20F4N4O2. The third-order valence-electron chi connectivity index (χ3n) is 6.30. The highest BCUT2D eigenvalue weighted by atomic mass is 19.3. The molecule has 3 unspecified atom stereocenters. The lowest BCUT2D eigenvalue weighted by Gasteiger charge is -2.25. The number of benzene rings is 1. The van der Waals surface area contributed by atoms with Crippen molar-refractivity contribution in [2.24, 2.45) is 11.8 Å². The molecule has 0 radical (unpaired) electrons. The van der Waals surface area contributed by atoms with Gasteiger partial charge in [0, 0.05) is 35.4 Å². The zero-order valence-corrected chi connectivity index (χ0v) is 16.8. The third-order valence-corrected chi connectivity index (χ3v) is 6.30. The average Bonchev–Trinajstić information content (AvgIpc) is 3.37. The Morgan fingerprint density at radius 3 is 2.72 bits per heavy atom. The van der Waals surface area contributed by atoms with Crippen LogP contribution in [0.5, 0.6) is 5.75 Å². The highest BCUT2D eigenvalue weighted by molar-refractivity contribution is 5.76.